The van der Waals surface area contributed by atoms with Crippen LogP contribution in [0.4, 0.5) is 0 Å². The van der Waals surface area contributed by atoms with Gasteiger partial charge >= 0.3 is 5.97 Å². The third-order valence-electron chi connectivity index (χ3n) is 12.8. The van der Waals surface area contributed by atoms with E-state index in [1.165, 1.54) is 12.5 Å². The summed E-state index contributed by atoms with van der Waals surface area (Å²) < 4.78 is 18.1. The van der Waals surface area contributed by atoms with E-state index in [1.54, 1.807) is 0 Å². The Balaban J connectivity index is 1.31. The van der Waals surface area contributed by atoms with Crippen LogP contribution in [0, 0.1) is 45.3 Å². The van der Waals surface area contributed by atoms with Gasteiger partial charge in [0.05, 0.1) is 17.8 Å². The molecule has 0 aromatic heterocycles. The zero-order chi connectivity index (χ0) is 27.6. The monoisotopic (exact) mass is 528 g/mol. The fourth-order valence-electron chi connectivity index (χ4n) is 10.8. The number of Topliss-reactive ketones (excluding diaryl/α,β-unsaturated/α-hetero) is 1. The number of ether oxygens (including phenoxy) is 3. The summed E-state index contributed by atoms with van der Waals surface area (Å²) in [4.78, 5) is 25.0. The number of hydrogen-bond donors (Lipinski definition) is 1. The minimum Gasteiger partial charge on any atom is -0.436 e. The van der Waals surface area contributed by atoms with Crippen LogP contribution in [0.5, 0.6) is 0 Å². The van der Waals surface area contributed by atoms with Crippen molar-refractivity contribution in [3.8, 4) is 0 Å². The minimum atomic E-state index is -0.555. The van der Waals surface area contributed by atoms with Crippen LogP contribution >= 0.6 is 0 Å². The summed E-state index contributed by atoms with van der Waals surface area (Å²) in [5.74, 6) is 0.968. The Hall–Kier alpha value is -1.24. The second-order valence-electron chi connectivity index (χ2n) is 15.4. The molecule has 0 spiro atoms. The van der Waals surface area contributed by atoms with Crippen molar-refractivity contribution in [2.24, 2.45) is 45.3 Å². The van der Waals surface area contributed by atoms with Crippen molar-refractivity contribution >= 4 is 11.8 Å². The van der Waals surface area contributed by atoms with E-state index in [1.807, 2.05) is 0 Å². The van der Waals surface area contributed by atoms with Gasteiger partial charge in [0.1, 0.15) is 11.9 Å². The molecule has 0 aromatic carbocycles. The van der Waals surface area contributed by atoms with Crippen LogP contribution < -0.4 is 0 Å². The molecule has 3 saturated carbocycles. The standard InChI is InChI=1S/C32H48O6/c1-17(33)36-27-18(15-20(37-27)26-29(4,5)38-26)19-9-10-21-30(19,6)13-11-22-31(7)14-12-24(34)28(2,3)23(31)16-25(35)32(21,22)8/h10,18-20,22-23,25-27,35H,9,11-16H2,1-8H3/t18-,19-,20-,22-,23-,25+,26+,27+,30-,31-,32+/m1/s1. The summed E-state index contributed by atoms with van der Waals surface area (Å²) in [6, 6.07) is 0. The second kappa shape index (κ2) is 8.16. The van der Waals surface area contributed by atoms with Gasteiger partial charge in [0.2, 0.25) is 6.29 Å². The fraction of sp³-hybridized carbons (Fsp3) is 0.875. The predicted octanol–water partition coefficient (Wildman–Crippen LogP) is 5.60. The van der Waals surface area contributed by atoms with Crippen molar-refractivity contribution in [3.05, 3.63) is 11.6 Å². The highest BCUT2D eigenvalue weighted by molar-refractivity contribution is 5.85. The molecule has 0 aromatic rings. The number of allylic oxidation sites excluding steroid dienone is 1. The van der Waals surface area contributed by atoms with Crippen molar-refractivity contribution in [2.45, 2.75) is 131 Å². The van der Waals surface area contributed by atoms with E-state index in [9.17, 15) is 14.7 Å². The Labute approximate surface area is 228 Å². The van der Waals surface area contributed by atoms with Gasteiger partial charge in [-0.25, -0.2) is 0 Å². The van der Waals surface area contributed by atoms with E-state index >= 15 is 0 Å². The molecule has 0 radical (unpaired) electrons. The Kier molecular flexibility index (Phi) is 5.79. The molecule has 6 aliphatic rings. The average molecular weight is 529 g/mol. The van der Waals surface area contributed by atoms with Crippen molar-refractivity contribution in [1.82, 2.24) is 0 Å². The number of ketones is 1. The molecule has 1 N–H and O–H groups in total. The van der Waals surface area contributed by atoms with E-state index in [4.69, 9.17) is 14.2 Å². The third-order valence-corrected chi connectivity index (χ3v) is 12.8. The highest BCUT2D eigenvalue weighted by atomic mass is 16.7. The first-order chi connectivity index (χ1) is 17.6. The normalized spacial score (nSPS) is 52.4. The molecule has 212 valence electrons. The molecule has 0 bridgehead atoms. The summed E-state index contributed by atoms with van der Waals surface area (Å²) >= 11 is 0. The Morgan fingerprint density at radius 3 is 2.37 bits per heavy atom. The maximum absolute atomic E-state index is 13.0. The lowest BCUT2D eigenvalue weighted by molar-refractivity contribution is -0.196. The van der Waals surface area contributed by atoms with E-state index in [0.717, 1.165) is 32.1 Å². The van der Waals surface area contributed by atoms with Crippen LogP contribution in [0.1, 0.15) is 100 Å². The van der Waals surface area contributed by atoms with Gasteiger partial charge in [-0.3, -0.25) is 9.59 Å². The SMILES string of the molecule is CC(=O)O[C@H]1O[C@@H]([C@@H]2OC2(C)C)C[C@@H]1[C@H]1CC=C2[C@@]3(C)[C@H](CC[C@@]21C)[C@@]1(C)CCC(=O)C(C)(C)[C@H]1C[C@@H]3O. The molecule has 2 aliphatic heterocycles. The van der Waals surface area contributed by atoms with E-state index in [-0.39, 0.29) is 57.8 Å². The van der Waals surface area contributed by atoms with Crippen LogP contribution in [0.2, 0.25) is 0 Å². The number of fused-ring (bicyclic) bond motifs is 5. The van der Waals surface area contributed by atoms with Gasteiger partial charge in [-0.2, -0.15) is 0 Å². The smallest absolute Gasteiger partial charge is 0.304 e. The largest absolute Gasteiger partial charge is 0.436 e. The molecule has 6 rings (SSSR count). The minimum absolute atomic E-state index is 0.0301. The number of rotatable bonds is 3. The van der Waals surface area contributed by atoms with Gasteiger partial charge in [-0.1, -0.05) is 46.3 Å². The summed E-state index contributed by atoms with van der Waals surface area (Å²) in [6.07, 6.45) is 7.45. The average Bonchev–Trinajstić information content (AvgIpc) is 3.11. The van der Waals surface area contributed by atoms with Crippen LogP contribution in [0.25, 0.3) is 0 Å². The van der Waals surface area contributed by atoms with Crippen molar-refractivity contribution in [1.29, 1.82) is 0 Å². The molecule has 6 heteroatoms. The number of aliphatic hydroxyl groups excluding tert-OH is 1. The van der Waals surface area contributed by atoms with Crippen molar-refractivity contribution in [2.75, 3.05) is 0 Å². The first-order valence-electron chi connectivity index (χ1n) is 15.0. The highest BCUT2D eigenvalue weighted by Crippen LogP contribution is 2.73. The molecule has 38 heavy (non-hydrogen) atoms. The summed E-state index contributed by atoms with van der Waals surface area (Å²) in [6.45, 7) is 17.0. The number of aliphatic hydroxyl groups is 1. The number of epoxide rings is 1. The van der Waals surface area contributed by atoms with Crippen LogP contribution in [-0.2, 0) is 23.8 Å². The molecule has 4 aliphatic carbocycles. The van der Waals surface area contributed by atoms with Gasteiger partial charge < -0.3 is 19.3 Å². The zero-order valence-electron chi connectivity index (χ0n) is 24.6. The van der Waals surface area contributed by atoms with Crippen LogP contribution in [0.3, 0.4) is 0 Å². The summed E-state index contributed by atoms with van der Waals surface area (Å²) in [5, 5.41) is 11.9. The Bertz CT molecular complexity index is 1080. The summed E-state index contributed by atoms with van der Waals surface area (Å²) in [7, 11) is 0. The molecule has 11 atom stereocenters. The fourth-order valence-corrected chi connectivity index (χ4v) is 10.8. The molecule has 5 fully saturated rings. The lowest BCUT2D eigenvalue weighted by Crippen LogP contribution is -2.65. The lowest BCUT2D eigenvalue weighted by atomic mass is 9.37. The molecule has 0 unspecified atom stereocenters. The van der Waals surface area contributed by atoms with E-state index in [0.29, 0.717) is 24.5 Å². The topological polar surface area (TPSA) is 85.4 Å². The number of carbonyl (C=O) groups is 2. The number of esters is 1. The van der Waals surface area contributed by atoms with Crippen molar-refractivity contribution in [3.63, 3.8) is 0 Å². The van der Waals surface area contributed by atoms with E-state index in [2.05, 4.69) is 54.5 Å². The zero-order valence-corrected chi connectivity index (χ0v) is 24.6. The van der Waals surface area contributed by atoms with Gasteiger partial charge in [-0.05, 0) is 81.0 Å². The first kappa shape index (κ1) is 27.0. The molecule has 2 saturated heterocycles. The van der Waals surface area contributed by atoms with E-state index < -0.39 is 17.8 Å². The van der Waals surface area contributed by atoms with Crippen LogP contribution in [-0.4, -0.2) is 47.1 Å². The quantitative estimate of drug-likeness (QED) is 0.291. The summed E-state index contributed by atoms with van der Waals surface area (Å²) in [5.41, 5.74) is 0.442. The molecular formula is C32H48O6. The van der Waals surface area contributed by atoms with Gasteiger partial charge in [0.25, 0.3) is 0 Å². The lowest BCUT2D eigenvalue weighted by Gasteiger charge is -2.67. The first-order valence-corrected chi connectivity index (χ1v) is 15.0. The number of hydrogen-bond acceptors (Lipinski definition) is 6. The van der Waals surface area contributed by atoms with Crippen LogP contribution in [0.15, 0.2) is 11.6 Å². The predicted molar refractivity (Wildman–Crippen MR) is 143 cm³/mol. The maximum Gasteiger partial charge on any atom is 0.304 e. The Morgan fingerprint density at radius 2 is 1.74 bits per heavy atom. The second-order valence-corrected chi connectivity index (χ2v) is 15.4. The van der Waals surface area contributed by atoms with Gasteiger partial charge in [0, 0.05) is 30.1 Å². The highest BCUT2D eigenvalue weighted by Gasteiger charge is 2.69. The molecule has 0 amide bonds. The van der Waals surface area contributed by atoms with Gasteiger partial charge in [-0.15, -0.1) is 0 Å². The number of carbonyl (C=O) groups excluding carboxylic acids is 2. The molecule has 2 heterocycles. The molecular weight excluding hydrogens is 480 g/mol. The molecule has 6 nitrogen and oxygen atoms in total. The van der Waals surface area contributed by atoms with Crippen molar-refractivity contribution < 1.29 is 28.9 Å². The third kappa shape index (κ3) is 3.48. The maximum atomic E-state index is 13.0. The van der Waals surface area contributed by atoms with Gasteiger partial charge in [0.15, 0.2) is 0 Å². The Morgan fingerprint density at radius 1 is 1.05 bits per heavy atom.